The Labute approximate surface area is 438 Å². The third kappa shape index (κ3) is 57.3. The molecule has 0 aromatic carbocycles. The zero-order valence-corrected chi connectivity index (χ0v) is 47.8. The summed E-state index contributed by atoms with van der Waals surface area (Å²) in [4.78, 5) is 38.1. The average molecular weight is 990 g/mol. The van der Waals surface area contributed by atoms with Crippen LogP contribution < -0.4 is 0 Å². The van der Waals surface area contributed by atoms with E-state index in [1.165, 1.54) is 276 Å². The summed E-state index contributed by atoms with van der Waals surface area (Å²) < 4.78 is 16.9. The minimum atomic E-state index is -0.761. The van der Waals surface area contributed by atoms with Crippen molar-refractivity contribution in [3.63, 3.8) is 0 Å². The first-order valence-corrected chi connectivity index (χ1v) is 32.0. The lowest BCUT2D eigenvalue weighted by Gasteiger charge is -2.18. The summed E-state index contributed by atoms with van der Waals surface area (Å²) in [5.41, 5.74) is 0. The Morgan fingerprint density at radius 2 is 0.386 bits per heavy atom. The number of rotatable bonds is 60. The molecule has 416 valence electrons. The van der Waals surface area contributed by atoms with Gasteiger partial charge in [0.05, 0.1) is 0 Å². The topological polar surface area (TPSA) is 78.9 Å². The molecule has 0 aromatic rings. The fourth-order valence-electron chi connectivity index (χ4n) is 10.0. The fraction of sp³-hybridized carbons (Fsp3) is 0.953. The number of carbonyl (C=O) groups excluding carboxylic acids is 3. The average Bonchev–Trinajstić information content (AvgIpc) is 3.36. The summed E-state index contributed by atoms with van der Waals surface area (Å²) >= 11 is 0. The van der Waals surface area contributed by atoms with Crippen LogP contribution >= 0.6 is 0 Å². The monoisotopic (exact) mass is 989 g/mol. The van der Waals surface area contributed by atoms with Crippen molar-refractivity contribution >= 4 is 17.9 Å². The Morgan fingerprint density at radius 1 is 0.229 bits per heavy atom. The fourth-order valence-corrected chi connectivity index (χ4v) is 10.0. The highest BCUT2D eigenvalue weighted by molar-refractivity contribution is 5.71. The van der Waals surface area contributed by atoms with Crippen molar-refractivity contribution in [2.24, 2.45) is 0 Å². The van der Waals surface area contributed by atoms with Crippen molar-refractivity contribution in [2.45, 2.75) is 380 Å². The summed E-state index contributed by atoms with van der Waals surface area (Å²) in [7, 11) is 0. The van der Waals surface area contributed by atoms with Crippen LogP contribution in [0.15, 0.2) is 0 Å². The van der Waals surface area contributed by atoms with Crippen molar-refractivity contribution in [2.75, 3.05) is 13.2 Å². The largest absolute Gasteiger partial charge is 0.462 e. The highest BCUT2D eigenvalue weighted by Crippen LogP contribution is 2.19. The molecule has 70 heavy (non-hydrogen) atoms. The zero-order valence-electron chi connectivity index (χ0n) is 47.8. The molecule has 0 fully saturated rings. The van der Waals surface area contributed by atoms with E-state index in [0.717, 1.165) is 57.8 Å². The summed E-state index contributed by atoms with van der Waals surface area (Å²) in [6, 6.07) is 0. The van der Waals surface area contributed by atoms with Crippen LogP contribution in [0.5, 0.6) is 0 Å². The van der Waals surface area contributed by atoms with Gasteiger partial charge in [-0.25, -0.2) is 0 Å². The van der Waals surface area contributed by atoms with E-state index in [9.17, 15) is 14.4 Å². The molecule has 1 atom stereocenters. The van der Waals surface area contributed by atoms with Crippen molar-refractivity contribution < 1.29 is 28.6 Å². The molecule has 0 heterocycles. The Hall–Kier alpha value is -1.59. The molecule has 0 saturated heterocycles. The number of hydrogen-bond donors (Lipinski definition) is 0. The molecular weight excluding hydrogens is 865 g/mol. The maximum atomic E-state index is 12.9. The molecule has 6 nitrogen and oxygen atoms in total. The first-order chi connectivity index (χ1) is 34.5. The molecule has 0 amide bonds. The van der Waals surface area contributed by atoms with Gasteiger partial charge in [0.15, 0.2) is 6.10 Å². The highest BCUT2D eigenvalue weighted by Gasteiger charge is 2.19. The molecule has 6 heteroatoms. The number of ether oxygens (including phenoxy) is 3. The van der Waals surface area contributed by atoms with Crippen molar-refractivity contribution in [1.82, 2.24) is 0 Å². The minimum Gasteiger partial charge on any atom is -0.462 e. The quantitative estimate of drug-likeness (QED) is 0.0343. The van der Waals surface area contributed by atoms with E-state index in [0.29, 0.717) is 19.3 Å². The van der Waals surface area contributed by atoms with Gasteiger partial charge < -0.3 is 14.2 Å². The first kappa shape index (κ1) is 68.4. The predicted molar refractivity (Wildman–Crippen MR) is 303 cm³/mol. The number of hydrogen-bond acceptors (Lipinski definition) is 6. The van der Waals surface area contributed by atoms with E-state index in [-0.39, 0.29) is 31.1 Å². The lowest BCUT2D eigenvalue weighted by Crippen LogP contribution is -2.30. The molecule has 0 spiro atoms. The van der Waals surface area contributed by atoms with Crippen LogP contribution in [0, 0.1) is 0 Å². The van der Waals surface area contributed by atoms with Gasteiger partial charge in [-0.2, -0.15) is 0 Å². The molecule has 0 rings (SSSR count). The van der Waals surface area contributed by atoms with Crippen LogP contribution in [0.25, 0.3) is 0 Å². The standard InChI is InChI=1S/C64H124O6/c1-4-7-10-13-16-19-21-23-25-27-29-30-31-32-33-35-36-38-40-42-45-48-51-54-57-63(66)69-60-61(59-68-62(65)56-53-50-47-44-18-15-12-9-6-3)70-64(67)58-55-52-49-46-43-41-39-37-34-28-26-24-22-20-17-14-11-8-5-2/h61H,4-60H2,1-3H3. The van der Waals surface area contributed by atoms with Crippen LogP contribution in [0.2, 0.25) is 0 Å². The molecule has 0 N–H and O–H groups in total. The number of unbranched alkanes of at least 4 members (excludes halogenated alkanes) is 49. The SMILES string of the molecule is CCCCCCCCCCCCCCCCCCCCCCCCCCC(=O)OCC(COC(=O)CCCCCCCCCCC)OC(=O)CCCCCCCCCCCCCCCCCCCCC. The van der Waals surface area contributed by atoms with Crippen molar-refractivity contribution in [3.05, 3.63) is 0 Å². The second-order valence-corrected chi connectivity index (χ2v) is 22.1. The second-order valence-electron chi connectivity index (χ2n) is 22.1. The van der Waals surface area contributed by atoms with E-state index in [4.69, 9.17) is 14.2 Å². The predicted octanol–water partition coefficient (Wildman–Crippen LogP) is 21.5. The Morgan fingerprint density at radius 3 is 0.571 bits per heavy atom. The van der Waals surface area contributed by atoms with Gasteiger partial charge in [-0.15, -0.1) is 0 Å². The van der Waals surface area contributed by atoms with E-state index < -0.39 is 6.10 Å². The van der Waals surface area contributed by atoms with E-state index in [2.05, 4.69) is 20.8 Å². The van der Waals surface area contributed by atoms with Crippen LogP contribution in [0.4, 0.5) is 0 Å². The lowest BCUT2D eigenvalue weighted by molar-refractivity contribution is -0.167. The maximum absolute atomic E-state index is 12.9. The Bertz CT molecular complexity index is 1040. The van der Waals surface area contributed by atoms with Gasteiger partial charge in [0.2, 0.25) is 0 Å². The van der Waals surface area contributed by atoms with Gasteiger partial charge in [-0.1, -0.05) is 335 Å². The van der Waals surface area contributed by atoms with Crippen LogP contribution in [0.3, 0.4) is 0 Å². The normalized spacial score (nSPS) is 11.9. The Balaban J connectivity index is 4.12. The minimum absolute atomic E-state index is 0.0610. The molecule has 0 bridgehead atoms. The molecule has 0 aliphatic carbocycles. The summed E-state index contributed by atoms with van der Waals surface area (Å²) in [6.45, 7) is 6.70. The van der Waals surface area contributed by atoms with Gasteiger partial charge in [0, 0.05) is 19.3 Å². The van der Waals surface area contributed by atoms with Gasteiger partial charge in [-0.3, -0.25) is 14.4 Å². The number of carbonyl (C=O) groups is 3. The van der Waals surface area contributed by atoms with Crippen molar-refractivity contribution in [1.29, 1.82) is 0 Å². The third-order valence-corrected chi connectivity index (χ3v) is 14.9. The van der Waals surface area contributed by atoms with Crippen LogP contribution in [0.1, 0.15) is 374 Å². The van der Waals surface area contributed by atoms with Gasteiger partial charge in [0.1, 0.15) is 13.2 Å². The lowest BCUT2D eigenvalue weighted by atomic mass is 10.0. The first-order valence-electron chi connectivity index (χ1n) is 32.0. The van der Waals surface area contributed by atoms with Crippen molar-refractivity contribution in [3.8, 4) is 0 Å². The van der Waals surface area contributed by atoms with Gasteiger partial charge in [-0.05, 0) is 19.3 Å². The van der Waals surface area contributed by atoms with E-state index >= 15 is 0 Å². The van der Waals surface area contributed by atoms with Crippen LogP contribution in [-0.2, 0) is 28.6 Å². The molecule has 1 unspecified atom stereocenters. The number of esters is 3. The summed E-state index contributed by atoms with van der Waals surface area (Å²) in [5.74, 6) is -0.831. The smallest absolute Gasteiger partial charge is 0.306 e. The highest BCUT2D eigenvalue weighted by atomic mass is 16.6. The van der Waals surface area contributed by atoms with Gasteiger partial charge in [0.25, 0.3) is 0 Å². The van der Waals surface area contributed by atoms with E-state index in [1.54, 1.807) is 0 Å². The molecule has 0 aliphatic heterocycles. The Kier molecular flexibility index (Phi) is 58.6. The molecule has 0 aliphatic rings. The summed E-state index contributed by atoms with van der Waals surface area (Å²) in [6.07, 6.45) is 68.4. The third-order valence-electron chi connectivity index (χ3n) is 14.9. The molecule has 0 saturated carbocycles. The van der Waals surface area contributed by atoms with E-state index in [1.807, 2.05) is 0 Å². The second kappa shape index (κ2) is 60.0. The maximum Gasteiger partial charge on any atom is 0.306 e. The molecular formula is C64H124O6. The molecule has 0 radical (unpaired) electrons. The van der Waals surface area contributed by atoms with Gasteiger partial charge >= 0.3 is 17.9 Å². The zero-order chi connectivity index (χ0) is 50.7. The summed E-state index contributed by atoms with van der Waals surface area (Å²) in [5, 5.41) is 0. The van der Waals surface area contributed by atoms with Crippen LogP contribution in [-0.4, -0.2) is 37.2 Å². The molecule has 0 aromatic heterocycles.